The molecule has 0 aliphatic carbocycles. The lowest BCUT2D eigenvalue weighted by molar-refractivity contribution is 0.122. The molecular formula is C18H29N5O2. The lowest BCUT2D eigenvalue weighted by atomic mass is 9.99. The van der Waals surface area contributed by atoms with Crippen LogP contribution in [-0.4, -0.2) is 77.2 Å². The van der Waals surface area contributed by atoms with Crippen molar-refractivity contribution in [2.75, 3.05) is 39.3 Å². The molecule has 4 rings (SSSR count). The van der Waals surface area contributed by atoms with Gasteiger partial charge in [-0.3, -0.25) is 9.80 Å². The van der Waals surface area contributed by atoms with Crippen molar-refractivity contribution in [1.82, 2.24) is 25.2 Å². The van der Waals surface area contributed by atoms with Crippen LogP contribution in [0.5, 0.6) is 0 Å². The lowest BCUT2D eigenvalue weighted by Crippen LogP contribution is -2.55. The van der Waals surface area contributed by atoms with Crippen molar-refractivity contribution in [3.05, 3.63) is 17.5 Å². The maximum Gasteiger partial charge on any atom is 0.317 e. The van der Waals surface area contributed by atoms with E-state index in [0.29, 0.717) is 12.1 Å². The molecule has 2 amide bonds. The molecule has 1 N–H and O–H groups in total. The number of carbonyl (C=O) groups is 1. The third-order valence-corrected chi connectivity index (χ3v) is 5.88. The molecule has 4 heterocycles. The van der Waals surface area contributed by atoms with Crippen molar-refractivity contribution in [2.45, 2.75) is 51.2 Å². The minimum absolute atomic E-state index is 0.118. The summed E-state index contributed by atoms with van der Waals surface area (Å²) in [5.41, 5.74) is 0.918. The molecule has 138 valence electrons. The van der Waals surface area contributed by atoms with E-state index < -0.39 is 0 Å². The molecule has 3 saturated heterocycles. The first-order valence-electron chi connectivity index (χ1n) is 9.63. The molecule has 3 aliphatic heterocycles. The van der Waals surface area contributed by atoms with Crippen LogP contribution in [0.1, 0.15) is 37.1 Å². The topological polar surface area (TPSA) is 64.8 Å². The van der Waals surface area contributed by atoms with Crippen molar-refractivity contribution >= 4 is 6.03 Å². The number of hydrogen-bond donors (Lipinski definition) is 1. The second kappa shape index (κ2) is 7.33. The molecule has 0 spiro atoms. The molecule has 0 radical (unpaired) electrons. The smallest absolute Gasteiger partial charge is 0.317 e. The molecular weight excluding hydrogens is 318 g/mol. The molecule has 25 heavy (non-hydrogen) atoms. The predicted octanol–water partition coefficient (Wildman–Crippen LogP) is 1.44. The molecule has 1 aromatic heterocycles. The van der Waals surface area contributed by atoms with E-state index in [4.69, 9.17) is 4.52 Å². The van der Waals surface area contributed by atoms with E-state index in [1.54, 1.807) is 0 Å². The average Bonchev–Trinajstić information content (AvgIpc) is 3.22. The van der Waals surface area contributed by atoms with Gasteiger partial charge in [0.25, 0.3) is 0 Å². The Morgan fingerprint density at radius 3 is 2.80 bits per heavy atom. The van der Waals surface area contributed by atoms with Crippen LogP contribution >= 0.6 is 0 Å². The van der Waals surface area contributed by atoms with Gasteiger partial charge in [0.15, 0.2) is 5.76 Å². The highest BCUT2D eigenvalue weighted by Crippen LogP contribution is 2.27. The van der Waals surface area contributed by atoms with Crippen molar-refractivity contribution in [2.24, 2.45) is 0 Å². The second-order valence-corrected chi connectivity index (χ2v) is 7.64. The summed E-state index contributed by atoms with van der Waals surface area (Å²) in [7, 11) is 0. The molecule has 0 unspecified atom stereocenters. The van der Waals surface area contributed by atoms with E-state index in [-0.39, 0.29) is 6.03 Å². The summed E-state index contributed by atoms with van der Waals surface area (Å²) in [5, 5.41) is 7.25. The zero-order valence-corrected chi connectivity index (χ0v) is 15.1. The number of nitrogens with zero attached hydrogens (tertiary/aromatic N) is 4. The highest BCUT2D eigenvalue weighted by atomic mass is 16.5. The number of piperidine rings is 1. The van der Waals surface area contributed by atoms with E-state index >= 15 is 0 Å². The zero-order chi connectivity index (χ0) is 17.2. The molecule has 3 aliphatic rings. The van der Waals surface area contributed by atoms with E-state index in [1.165, 1.54) is 25.8 Å². The number of urea groups is 1. The Kier molecular flexibility index (Phi) is 4.94. The van der Waals surface area contributed by atoms with Crippen LogP contribution in [0.4, 0.5) is 4.79 Å². The van der Waals surface area contributed by atoms with Crippen LogP contribution in [0.25, 0.3) is 0 Å². The first-order chi connectivity index (χ1) is 12.2. The fourth-order valence-corrected chi connectivity index (χ4v) is 4.49. The van der Waals surface area contributed by atoms with Gasteiger partial charge in [0.1, 0.15) is 0 Å². The Balaban J connectivity index is 1.24. The number of amides is 2. The number of hydrogen-bond acceptors (Lipinski definition) is 5. The van der Waals surface area contributed by atoms with Gasteiger partial charge in [-0.15, -0.1) is 0 Å². The number of aryl methyl sites for hydroxylation is 1. The summed E-state index contributed by atoms with van der Waals surface area (Å²) >= 11 is 0. The van der Waals surface area contributed by atoms with Crippen LogP contribution in [0.15, 0.2) is 10.6 Å². The normalized spacial score (nSPS) is 28.1. The molecule has 0 saturated carbocycles. The summed E-state index contributed by atoms with van der Waals surface area (Å²) < 4.78 is 5.29. The minimum Gasteiger partial charge on any atom is -0.360 e. The fourth-order valence-electron chi connectivity index (χ4n) is 4.49. The maximum atomic E-state index is 12.6. The van der Waals surface area contributed by atoms with Crippen molar-refractivity contribution in [3.8, 4) is 0 Å². The van der Waals surface area contributed by atoms with Gasteiger partial charge in [-0.1, -0.05) is 11.6 Å². The quantitative estimate of drug-likeness (QED) is 0.896. The Morgan fingerprint density at radius 1 is 1.20 bits per heavy atom. The molecule has 1 aromatic rings. The van der Waals surface area contributed by atoms with Crippen LogP contribution < -0.4 is 5.32 Å². The largest absolute Gasteiger partial charge is 0.360 e. The summed E-state index contributed by atoms with van der Waals surface area (Å²) in [4.78, 5) is 19.5. The van der Waals surface area contributed by atoms with Gasteiger partial charge in [-0.2, -0.15) is 0 Å². The van der Waals surface area contributed by atoms with Gasteiger partial charge in [0.2, 0.25) is 0 Å². The Bertz CT molecular complexity index is 596. The van der Waals surface area contributed by atoms with Crippen LogP contribution in [0.3, 0.4) is 0 Å². The Hall–Kier alpha value is -1.60. The van der Waals surface area contributed by atoms with E-state index in [9.17, 15) is 4.79 Å². The second-order valence-electron chi connectivity index (χ2n) is 7.64. The summed E-state index contributed by atoms with van der Waals surface area (Å²) in [6, 6.07) is 3.00. The van der Waals surface area contributed by atoms with E-state index in [2.05, 4.69) is 20.3 Å². The van der Waals surface area contributed by atoms with Crippen molar-refractivity contribution < 1.29 is 9.32 Å². The van der Waals surface area contributed by atoms with Gasteiger partial charge in [0.05, 0.1) is 12.2 Å². The number of aromatic nitrogens is 1. The SMILES string of the molecule is Cc1cc(CN2CCN(C(=O)N[C@@H]3CCN4CCCC[C@@H]34)CC2)on1. The lowest BCUT2D eigenvalue weighted by Gasteiger charge is -2.36. The Morgan fingerprint density at radius 2 is 2.04 bits per heavy atom. The van der Waals surface area contributed by atoms with Gasteiger partial charge >= 0.3 is 6.03 Å². The predicted molar refractivity (Wildman–Crippen MR) is 94.2 cm³/mol. The van der Waals surface area contributed by atoms with Crippen molar-refractivity contribution in [1.29, 1.82) is 0 Å². The van der Waals surface area contributed by atoms with E-state index in [1.807, 2.05) is 17.9 Å². The zero-order valence-electron chi connectivity index (χ0n) is 15.1. The molecule has 7 heteroatoms. The molecule has 0 bridgehead atoms. The summed E-state index contributed by atoms with van der Waals surface area (Å²) in [6.45, 7) is 8.37. The monoisotopic (exact) mass is 347 g/mol. The minimum atomic E-state index is 0.118. The summed E-state index contributed by atoms with van der Waals surface area (Å²) in [5.74, 6) is 0.902. The maximum absolute atomic E-state index is 12.6. The molecule has 7 nitrogen and oxygen atoms in total. The number of piperazine rings is 1. The average molecular weight is 347 g/mol. The highest BCUT2D eigenvalue weighted by molar-refractivity contribution is 5.74. The first kappa shape index (κ1) is 16.8. The number of nitrogens with one attached hydrogen (secondary N) is 1. The number of rotatable bonds is 3. The van der Waals surface area contributed by atoms with Gasteiger partial charge in [-0.25, -0.2) is 4.79 Å². The van der Waals surface area contributed by atoms with Gasteiger partial charge < -0.3 is 14.7 Å². The van der Waals surface area contributed by atoms with Crippen LogP contribution in [-0.2, 0) is 6.54 Å². The standard InChI is InChI=1S/C18H29N5O2/c1-14-12-15(25-20-14)13-21-8-10-23(11-9-21)18(24)19-16-5-7-22-6-3-2-4-17(16)22/h12,16-17H,2-11,13H2,1H3,(H,19,24)/t16-,17+/m1/s1. The number of fused-ring (bicyclic) bond motifs is 1. The Labute approximate surface area is 149 Å². The third-order valence-electron chi connectivity index (χ3n) is 5.88. The number of carbonyl (C=O) groups excluding carboxylic acids is 1. The highest BCUT2D eigenvalue weighted by Gasteiger charge is 2.37. The molecule has 2 atom stereocenters. The summed E-state index contributed by atoms with van der Waals surface area (Å²) in [6.07, 6.45) is 4.94. The molecule has 0 aromatic carbocycles. The first-order valence-corrected chi connectivity index (χ1v) is 9.63. The van der Waals surface area contributed by atoms with Crippen molar-refractivity contribution in [3.63, 3.8) is 0 Å². The van der Waals surface area contributed by atoms with Crippen LogP contribution in [0, 0.1) is 6.92 Å². The van der Waals surface area contributed by atoms with Gasteiger partial charge in [-0.05, 0) is 32.7 Å². The van der Waals surface area contributed by atoms with Crippen LogP contribution in [0.2, 0.25) is 0 Å². The fraction of sp³-hybridized carbons (Fsp3) is 0.778. The third kappa shape index (κ3) is 3.82. The van der Waals surface area contributed by atoms with Gasteiger partial charge in [0, 0.05) is 50.9 Å². The van der Waals surface area contributed by atoms with E-state index in [0.717, 1.165) is 57.1 Å². The molecule has 3 fully saturated rings.